The van der Waals surface area contributed by atoms with Crippen molar-refractivity contribution in [3.05, 3.63) is 35.4 Å². The van der Waals surface area contributed by atoms with E-state index >= 15 is 0 Å². The van der Waals surface area contributed by atoms with Crippen LogP contribution in [0.5, 0.6) is 0 Å². The maximum atomic E-state index is 11.0. The summed E-state index contributed by atoms with van der Waals surface area (Å²) < 4.78 is 0. The maximum Gasteiger partial charge on any atom is 0.307 e. The molecule has 0 spiro atoms. The van der Waals surface area contributed by atoms with Crippen molar-refractivity contribution in [2.24, 2.45) is 11.7 Å². The maximum absolute atomic E-state index is 11.0. The Morgan fingerprint density at radius 3 is 2.45 bits per heavy atom. The summed E-state index contributed by atoms with van der Waals surface area (Å²) in [5.41, 5.74) is 8.25. The van der Waals surface area contributed by atoms with Gasteiger partial charge in [0.15, 0.2) is 0 Å². The van der Waals surface area contributed by atoms with Gasteiger partial charge in [0.1, 0.15) is 0 Å². The number of hydrogen-bond donors (Lipinski definition) is 2. The SMILES string of the molecule is Cc1ccc(C(CN)N2CCC(C(=O)O)C2)cc1.Cl.Cl. The number of carboxylic acid groups (broad SMARTS) is 1. The van der Waals surface area contributed by atoms with Crippen LogP contribution in [0.3, 0.4) is 0 Å². The smallest absolute Gasteiger partial charge is 0.307 e. The van der Waals surface area contributed by atoms with Crippen molar-refractivity contribution < 1.29 is 9.90 Å². The molecule has 0 bridgehead atoms. The third kappa shape index (κ3) is 4.35. The standard InChI is InChI=1S/C14H20N2O2.2ClH/c1-10-2-4-11(5-3-10)13(8-15)16-7-6-12(9-16)14(17)18;;/h2-5,12-13H,6-9,15H2,1H3,(H,17,18);2*1H. The van der Waals surface area contributed by atoms with Gasteiger partial charge in [-0.3, -0.25) is 9.69 Å². The van der Waals surface area contributed by atoms with Crippen LogP contribution in [0.1, 0.15) is 23.6 Å². The van der Waals surface area contributed by atoms with Crippen molar-refractivity contribution in [2.75, 3.05) is 19.6 Å². The lowest BCUT2D eigenvalue weighted by molar-refractivity contribution is -0.141. The van der Waals surface area contributed by atoms with E-state index in [0.29, 0.717) is 13.1 Å². The summed E-state index contributed by atoms with van der Waals surface area (Å²) in [5.74, 6) is -0.943. The summed E-state index contributed by atoms with van der Waals surface area (Å²) >= 11 is 0. The van der Waals surface area contributed by atoms with E-state index in [-0.39, 0.29) is 36.8 Å². The fraction of sp³-hybridized carbons (Fsp3) is 0.500. The highest BCUT2D eigenvalue weighted by molar-refractivity contribution is 5.85. The van der Waals surface area contributed by atoms with Gasteiger partial charge in [-0.15, -0.1) is 24.8 Å². The minimum atomic E-state index is -0.697. The number of halogens is 2. The Bertz CT molecular complexity index is 426. The fourth-order valence-electron chi connectivity index (χ4n) is 2.56. The van der Waals surface area contributed by atoms with Crippen molar-refractivity contribution >= 4 is 30.8 Å². The van der Waals surface area contributed by atoms with Crippen LogP contribution < -0.4 is 5.73 Å². The van der Waals surface area contributed by atoms with Gasteiger partial charge in [0, 0.05) is 19.1 Å². The predicted octanol–water partition coefficient (Wildman–Crippen LogP) is 2.24. The summed E-state index contributed by atoms with van der Waals surface area (Å²) in [4.78, 5) is 13.2. The molecule has 1 saturated heterocycles. The molecule has 0 aromatic heterocycles. The molecule has 1 aromatic rings. The lowest BCUT2D eigenvalue weighted by atomic mass is 10.0. The van der Waals surface area contributed by atoms with Gasteiger partial charge in [-0.05, 0) is 25.5 Å². The van der Waals surface area contributed by atoms with E-state index in [4.69, 9.17) is 10.8 Å². The van der Waals surface area contributed by atoms with Gasteiger partial charge < -0.3 is 10.8 Å². The lowest BCUT2D eigenvalue weighted by Crippen LogP contribution is -2.32. The molecule has 3 N–H and O–H groups in total. The van der Waals surface area contributed by atoms with E-state index in [1.165, 1.54) is 11.1 Å². The minimum Gasteiger partial charge on any atom is -0.481 e. The van der Waals surface area contributed by atoms with E-state index in [2.05, 4.69) is 36.1 Å². The quantitative estimate of drug-likeness (QED) is 0.893. The molecule has 1 fully saturated rings. The zero-order valence-electron chi connectivity index (χ0n) is 11.5. The van der Waals surface area contributed by atoms with Crippen molar-refractivity contribution in [2.45, 2.75) is 19.4 Å². The van der Waals surface area contributed by atoms with Crippen LogP contribution >= 0.6 is 24.8 Å². The molecular formula is C14H22Cl2N2O2. The van der Waals surface area contributed by atoms with Crippen LogP contribution in [-0.2, 0) is 4.79 Å². The van der Waals surface area contributed by atoms with Crippen molar-refractivity contribution in [1.82, 2.24) is 4.90 Å². The molecule has 2 unspecified atom stereocenters. The summed E-state index contributed by atoms with van der Waals surface area (Å²) in [6.45, 7) is 3.99. The van der Waals surface area contributed by atoms with E-state index in [0.717, 1.165) is 13.0 Å². The molecule has 0 amide bonds. The number of carbonyl (C=O) groups is 1. The first-order valence-corrected chi connectivity index (χ1v) is 6.35. The van der Waals surface area contributed by atoms with Crippen molar-refractivity contribution in [1.29, 1.82) is 0 Å². The largest absolute Gasteiger partial charge is 0.481 e. The highest BCUT2D eigenvalue weighted by Gasteiger charge is 2.32. The van der Waals surface area contributed by atoms with Crippen LogP contribution in [0.25, 0.3) is 0 Å². The Labute approximate surface area is 132 Å². The van der Waals surface area contributed by atoms with Crippen molar-refractivity contribution in [3.8, 4) is 0 Å². The Balaban J connectivity index is 0.00000180. The fourth-order valence-corrected chi connectivity index (χ4v) is 2.56. The van der Waals surface area contributed by atoms with Crippen LogP contribution in [0.4, 0.5) is 0 Å². The average molecular weight is 321 g/mol. The van der Waals surface area contributed by atoms with Crippen LogP contribution in [0.2, 0.25) is 0 Å². The first-order valence-electron chi connectivity index (χ1n) is 6.35. The summed E-state index contributed by atoms with van der Waals surface area (Å²) in [5, 5.41) is 9.03. The molecule has 0 radical (unpaired) electrons. The molecule has 2 rings (SSSR count). The number of aliphatic carboxylic acids is 1. The van der Waals surface area contributed by atoms with Gasteiger partial charge >= 0.3 is 5.97 Å². The second kappa shape index (κ2) is 8.47. The minimum absolute atomic E-state index is 0. The van der Waals surface area contributed by atoms with Gasteiger partial charge in [-0.25, -0.2) is 0 Å². The Hall–Kier alpha value is -0.810. The second-order valence-electron chi connectivity index (χ2n) is 4.98. The molecule has 1 aliphatic heterocycles. The number of aryl methyl sites for hydroxylation is 1. The van der Waals surface area contributed by atoms with E-state index in [1.54, 1.807) is 0 Å². The zero-order valence-corrected chi connectivity index (χ0v) is 13.1. The molecule has 0 aliphatic carbocycles. The number of rotatable bonds is 4. The van der Waals surface area contributed by atoms with Gasteiger partial charge in [0.25, 0.3) is 0 Å². The molecule has 0 saturated carbocycles. The molecule has 1 heterocycles. The molecule has 20 heavy (non-hydrogen) atoms. The lowest BCUT2D eigenvalue weighted by Gasteiger charge is -2.27. The van der Waals surface area contributed by atoms with E-state index < -0.39 is 5.97 Å². The normalized spacial score (nSPS) is 19.8. The number of nitrogens with zero attached hydrogens (tertiary/aromatic N) is 1. The molecular weight excluding hydrogens is 299 g/mol. The molecule has 4 nitrogen and oxygen atoms in total. The Morgan fingerprint density at radius 2 is 2.00 bits per heavy atom. The van der Waals surface area contributed by atoms with Crippen LogP contribution in [0.15, 0.2) is 24.3 Å². The summed E-state index contributed by atoms with van der Waals surface area (Å²) in [6, 6.07) is 8.45. The van der Waals surface area contributed by atoms with Gasteiger partial charge in [-0.1, -0.05) is 29.8 Å². The topological polar surface area (TPSA) is 66.6 Å². The van der Waals surface area contributed by atoms with Gasteiger partial charge in [0.2, 0.25) is 0 Å². The number of nitrogens with two attached hydrogens (primary N) is 1. The van der Waals surface area contributed by atoms with Crippen molar-refractivity contribution in [3.63, 3.8) is 0 Å². The second-order valence-corrected chi connectivity index (χ2v) is 4.98. The third-order valence-corrected chi connectivity index (χ3v) is 3.70. The Kier molecular flexibility index (Phi) is 8.13. The summed E-state index contributed by atoms with van der Waals surface area (Å²) in [7, 11) is 0. The molecule has 6 heteroatoms. The summed E-state index contributed by atoms with van der Waals surface area (Å²) in [6.07, 6.45) is 0.720. The number of carboxylic acids is 1. The Morgan fingerprint density at radius 1 is 1.40 bits per heavy atom. The highest BCUT2D eigenvalue weighted by Crippen LogP contribution is 2.27. The first-order chi connectivity index (χ1) is 8.61. The highest BCUT2D eigenvalue weighted by atomic mass is 35.5. The van der Waals surface area contributed by atoms with E-state index in [1.807, 2.05) is 0 Å². The van der Waals surface area contributed by atoms with Gasteiger partial charge in [-0.2, -0.15) is 0 Å². The van der Waals surface area contributed by atoms with Crippen LogP contribution in [0, 0.1) is 12.8 Å². The average Bonchev–Trinajstić information content (AvgIpc) is 2.82. The molecule has 1 aliphatic rings. The number of likely N-dealkylation sites (tertiary alicyclic amines) is 1. The third-order valence-electron chi connectivity index (χ3n) is 3.70. The number of benzene rings is 1. The zero-order chi connectivity index (χ0) is 13.1. The van der Waals surface area contributed by atoms with E-state index in [9.17, 15) is 4.79 Å². The predicted molar refractivity (Wildman–Crippen MR) is 84.8 cm³/mol. The molecule has 2 atom stereocenters. The van der Waals surface area contributed by atoms with Gasteiger partial charge in [0.05, 0.1) is 5.92 Å². The molecule has 1 aromatic carbocycles. The number of hydrogen-bond acceptors (Lipinski definition) is 3. The van der Waals surface area contributed by atoms with Crippen LogP contribution in [-0.4, -0.2) is 35.6 Å². The monoisotopic (exact) mass is 320 g/mol. The first kappa shape index (κ1) is 19.2. The molecule has 114 valence electrons.